The first-order valence-corrected chi connectivity index (χ1v) is 10.3. The van der Waals surface area contributed by atoms with Gasteiger partial charge in [0, 0.05) is 0 Å². The van der Waals surface area contributed by atoms with Crippen LogP contribution in [0.3, 0.4) is 0 Å². The van der Waals surface area contributed by atoms with Crippen LogP contribution >= 0.6 is 0 Å². The fraction of sp³-hybridized carbons (Fsp3) is 0.565. The lowest BCUT2D eigenvalue weighted by molar-refractivity contribution is -0.175. The van der Waals surface area contributed by atoms with Gasteiger partial charge >= 0.3 is 11.9 Å². The Hall–Kier alpha value is -2.18. The number of esters is 2. The third-order valence-corrected chi connectivity index (χ3v) is 6.05. The second kappa shape index (κ2) is 7.26. The Labute approximate surface area is 171 Å². The molecule has 4 rings (SSSR count). The van der Waals surface area contributed by atoms with Crippen molar-refractivity contribution < 1.29 is 28.5 Å². The maximum absolute atomic E-state index is 13.0. The third-order valence-electron chi connectivity index (χ3n) is 6.05. The Morgan fingerprint density at radius 2 is 1.66 bits per heavy atom. The number of hydrogen-bond donors (Lipinski definition) is 0. The number of aryl methyl sites for hydroxylation is 3. The van der Waals surface area contributed by atoms with Crippen LogP contribution in [0.5, 0.6) is 0 Å². The van der Waals surface area contributed by atoms with Gasteiger partial charge in [0.15, 0.2) is 17.1 Å². The monoisotopic (exact) mass is 400 g/mol. The van der Waals surface area contributed by atoms with Crippen molar-refractivity contribution in [2.45, 2.75) is 71.2 Å². The predicted octanol–water partition coefficient (Wildman–Crippen LogP) is 3.89. The van der Waals surface area contributed by atoms with Crippen molar-refractivity contribution in [2.24, 2.45) is 0 Å². The minimum Gasteiger partial charge on any atom is -0.447 e. The highest BCUT2D eigenvalue weighted by molar-refractivity contribution is 6.20. The molecule has 6 heteroatoms. The molecule has 2 heterocycles. The van der Waals surface area contributed by atoms with Gasteiger partial charge in [0.05, 0.1) is 19.6 Å². The first-order valence-electron chi connectivity index (χ1n) is 10.3. The highest BCUT2D eigenvalue weighted by Gasteiger charge is 2.53. The lowest BCUT2D eigenvalue weighted by Crippen LogP contribution is -2.33. The molecule has 0 aromatic heterocycles. The van der Waals surface area contributed by atoms with Crippen LogP contribution in [0.4, 0.5) is 0 Å². The molecule has 0 bridgehead atoms. The topological polar surface area (TPSA) is 71.1 Å². The molecule has 0 atom stereocenters. The molecule has 1 aromatic carbocycles. The van der Waals surface area contributed by atoms with E-state index in [4.69, 9.17) is 18.9 Å². The van der Waals surface area contributed by atoms with Gasteiger partial charge in [0.1, 0.15) is 5.57 Å². The number of ether oxygens (including phenoxy) is 4. The molecule has 2 aliphatic heterocycles. The van der Waals surface area contributed by atoms with Crippen molar-refractivity contribution in [3.05, 3.63) is 40.1 Å². The molecule has 0 radical (unpaired) electrons. The normalized spacial score (nSPS) is 22.4. The van der Waals surface area contributed by atoms with Crippen LogP contribution in [0.2, 0.25) is 0 Å². The van der Waals surface area contributed by atoms with E-state index >= 15 is 0 Å². The van der Waals surface area contributed by atoms with Crippen LogP contribution in [-0.2, 0) is 28.5 Å². The molecule has 156 valence electrons. The van der Waals surface area contributed by atoms with Crippen LogP contribution in [0.1, 0.15) is 61.3 Å². The Kier molecular flexibility index (Phi) is 5.03. The van der Waals surface area contributed by atoms with E-state index in [1.165, 1.54) is 0 Å². The van der Waals surface area contributed by atoms with Crippen molar-refractivity contribution in [1.29, 1.82) is 0 Å². The fourth-order valence-corrected chi connectivity index (χ4v) is 4.88. The first kappa shape index (κ1) is 20.1. The Morgan fingerprint density at radius 3 is 2.24 bits per heavy atom. The van der Waals surface area contributed by atoms with E-state index in [1.54, 1.807) is 6.92 Å². The summed E-state index contributed by atoms with van der Waals surface area (Å²) >= 11 is 0. The standard InChI is InChI=1S/C23H28O6/c1-14-11-15(2)18(16(3)12-14)19-20(23(29-21(19)25)7-5-6-8-23)28-17(24)13-22(4)26-9-10-27-22/h11-12H,5-10,13H2,1-4H3. The number of carbonyl (C=O) groups excluding carboxylic acids is 2. The lowest BCUT2D eigenvalue weighted by Gasteiger charge is -2.26. The predicted molar refractivity (Wildman–Crippen MR) is 106 cm³/mol. The summed E-state index contributed by atoms with van der Waals surface area (Å²) in [7, 11) is 0. The third kappa shape index (κ3) is 3.60. The van der Waals surface area contributed by atoms with Gasteiger partial charge in [-0.2, -0.15) is 0 Å². The summed E-state index contributed by atoms with van der Waals surface area (Å²) in [6.45, 7) is 8.58. The summed E-state index contributed by atoms with van der Waals surface area (Å²) in [5.41, 5.74) is 3.39. The van der Waals surface area contributed by atoms with E-state index in [-0.39, 0.29) is 6.42 Å². The zero-order valence-corrected chi connectivity index (χ0v) is 17.6. The highest BCUT2D eigenvalue weighted by Crippen LogP contribution is 2.49. The SMILES string of the molecule is Cc1cc(C)c(C2=C(OC(=O)CC3(C)OCCO3)C3(CCCC3)OC2=O)c(C)c1. The van der Waals surface area contributed by atoms with Crippen LogP contribution in [0.15, 0.2) is 17.9 Å². The van der Waals surface area contributed by atoms with Gasteiger partial charge in [-0.3, -0.25) is 4.79 Å². The average Bonchev–Trinajstić information content (AvgIpc) is 3.31. The van der Waals surface area contributed by atoms with E-state index in [9.17, 15) is 9.59 Å². The molecule has 0 unspecified atom stereocenters. The second-order valence-corrected chi connectivity index (χ2v) is 8.55. The zero-order valence-electron chi connectivity index (χ0n) is 17.6. The molecule has 2 fully saturated rings. The summed E-state index contributed by atoms with van der Waals surface area (Å²) in [4.78, 5) is 25.8. The Balaban J connectivity index is 1.76. The molecule has 1 aliphatic carbocycles. The van der Waals surface area contributed by atoms with Crippen molar-refractivity contribution in [3.8, 4) is 0 Å². The summed E-state index contributed by atoms with van der Waals surface area (Å²) in [5, 5.41) is 0. The van der Waals surface area contributed by atoms with E-state index in [2.05, 4.69) is 0 Å². The summed E-state index contributed by atoms with van der Waals surface area (Å²) in [6, 6.07) is 4.06. The lowest BCUT2D eigenvalue weighted by atomic mass is 9.90. The smallest absolute Gasteiger partial charge is 0.343 e. The van der Waals surface area contributed by atoms with Gasteiger partial charge < -0.3 is 18.9 Å². The Morgan fingerprint density at radius 1 is 1.07 bits per heavy atom. The molecule has 1 spiro atoms. The molecule has 0 N–H and O–H groups in total. The van der Waals surface area contributed by atoms with Crippen LogP contribution < -0.4 is 0 Å². The van der Waals surface area contributed by atoms with E-state index in [0.717, 1.165) is 35.1 Å². The fourth-order valence-electron chi connectivity index (χ4n) is 4.88. The molecule has 6 nitrogen and oxygen atoms in total. The van der Waals surface area contributed by atoms with Crippen LogP contribution in [0, 0.1) is 20.8 Å². The number of benzene rings is 1. The minimum atomic E-state index is -0.986. The highest BCUT2D eigenvalue weighted by atomic mass is 16.7. The quantitative estimate of drug-likeness (QED) is 0.714. The molecule has 29 heavy (non-hydrogen) atoms. The largest absolute Gasteiger partial charge is 0.447 e. The Bertz CT molecular complexity index is 862. The maximum Gasteiger partial charge on any atom is 0.343 e. The molecule has 3 aliphatic rings. The first-order chi connectivity index (χ1) is 13.7. The van der Waals surface area contributed by atoms with Gasteiger partial charge in [-0.1, -0.05) is 17.7 Å². The summed E-state index contributed by atoms with van der Waals surface area (Å²) < 4.78 is 22.8. The summed E-state index contributed by atoms with van der Waals surface area (Å²) in [6.07, 6.45) is 3.15. The maximum atomic E-state index is 13.0. The molecule has 1 saturated carbocycles. The molecule has 0 amide bonds. The van der Waals surface area contributed by atoms with Gasteiger partial charge in [0.25, 0.3) is 0 Å². The van der Waals surface area contributed by atoms with E-state index < -0.39 is 23.3 Å². The zero-order chi connectivity index (χ0) is 20.8. The number of rotatable bonds is 4. The molecular weight excluding hydrogens is 372 g/mol. The van der Waals surface area contributed by atoms with Crippen molar-refractivity contribution in [2.75, 3.05) is 13.2 Å². The van der Waals surface area contributed by atoms with Crippen LogP contribution in [-0.4, -0.2) is 36.5 Å². The van der Waals surface area contributed by atoms with Crippen molar-refractivity contribution >= 4 is 17.5 Å². The number of carbonyl (C=O) groups is 2. The molecular formula is C23H28O6. The van der Waals surface area contributed by atoms with Crippen LogP contribution in [0.25, 0.3) is 5.57 Å². The average molecular weight is 400 g/mol. The van der Waals surface area contributed by atoms with Gasteiger partial charge in [0.2, 0.25) is 0 Å². The van der Waals surface area contributed by atoms with E-state index in [0.29, 0.717) is 37.4 Å². The summed E-state index contributed by atoms with van der Waals surface area (Å²) in [5.74, 6) is -1.51. The number of hydrogen-bond acceptors (Lipinski definition) is 6. The van der Waals surface area contributed by atoms with Gasteiger partial charge in [-0.15, -0.1) is 0 Å². The van der Waals surface area contributed by atoms with Gasteiger partial charge in [-0.25, -0.2) is 4.79 Å². The molecule has 1 saturated heterocycles. The van der Waals surface area contributed by atoms with Crippen molar-refractivity contribution in [3.63, 3.8) is 0 Å². The minimum absolute atomic E-state index is 0.0418. The van der Waals surface area contributed by atoms with Gasteiger partial charge in [-0.05, 0) is 70.1 Å². The van der Waals surface area contributed by atoms with Crippen molar-refractivity contribution in [1.82, 2.24) is 0 Å². The second-order valence-electron chi connectivity index (χ2n) is 8.55. The van der Waals surface area contributed by atoms with E-state index in [1.807, 2.05) is 32.9 Å². The molecule has 1 aromatic rings.